The maximum Gasteiger partial charge on any atom is 0.413 e. The van der Waals surface area contributed by atoms with Crippen molar-refractivity contribution in [1.29, 1.82) is 0 Å². The molecule has 0 bridgehead atoms. The highest BCUT2D eigenvalue weighted by atomic mass is 32.2. The highest BCUT2D eigenvalue weighted by Gasteiger charge is 2.37. The summed E-state index contributed by atoms with van der Waals surface area (Å²) in [6.07, 6.45) is -2.47. The van der Waals surface area contributed by atoms with Crippen LogP contribution in [0.2, 0.25) is 0 Å². The fourth-order valence-electron chi connectivity index (χ4n) is 1.27. The van der Waals surface area contributed by atoms with Crippen molar-refractivity contribution in [2.24, 2.45) is 5.92 Å². The molecule has 1 atom stereocenters. The Morgan fingerprint density at radius 2 is 2.13 bits per heavy atom. The number of Topliss-reactive ketones (excluding diaryl/α,β-unsaturated/α-hetero) is 1. The Balaban J connectivity index is 2.93. The number of allylic oxidation sites excluding steroid dienone is 3. The van der Waals surface area contributed by atoms with Crippen LogP contribution in [-0.4, -0.2) is 12.0 Å². The number of ketones is 1. The molecular weight excluding hydrogens is 225 g/mol. The summed E-state index contributed by atoms with van der Waals surface area (Å²) in [5, 5.41) is 1.05. The number of thioether (sulfide) groups is 1. The minimum Gasteiger partial charge on any atom is -0.294 e. The first kappa shape index (κ1) is 12.4. The summed E-state index contributed by atoms with van der Waals surface area (Å²) in [5.41, 5.74) is -0.556. The third kappa shape index (κ3) is 3.12. The quantitative estimate of drug-likeness (QED) is 0.690. The molecule has 5 heteroatoms. The molecule has 0 saturated heterocycles. The second-order valence-electron chi connectivity index (χ2n) is 3.45. The van der Waals surface area contributed by atoms with E-state index >= 15 is 0 Å². The first-order chi connectivity index (χ1) is 6.82. The van der Waals surface area contributed by atoms with Crippen LogP contribution in [0.5, 0.6) is 0 Å². The molecule has 15 heavy (non-hydrogen) atoms. The van der Waals surface area contributed by atoms with E-state index in [0.717, 1.165) is 17.2 Å². The second-order valence-corrected chi connectivity index (χ2v) is 4.36. The minimum atomic E-state index is -4.30. The number of carbonyl (C=O) groups is 1. The molecule has 1 heterocycles. The summed E-state index contributed by atoms with van der Waals surface area (Å²) in [6, 6.07) is 0. The van der Waals surface area contributed by atoms with Crippen LogP contribution in [0.15, 0.2) is 22.0 Å². The molecule has 1 unspecified atom stereocenters. The van der Waals surface area contributed by atoms with E-state index in [9.17, 15) is 18.0 Å². The monoisotopic (exact) mass is 236 g/mol. The smallest absolute Gasteiger partial charge is 0.294 e. The molecule has 0 saturated carbocycles. The van der Waals surface area contributed by atoms with Gasteiger partial charge in [0, 0.05) is 5.57 Å². The van der Waals surface area contributed by atoms with E-state index in [4.69, 9.17) is 0 Å². The van der Waals surface area contributed by atoms with Crippen molar-refractivity contribution < 1.29 is 18.0 Å². The van der Waals surface area contributed by atoms with Gasteiger partial charge in [-0.2, -0.15) is 13.2 Å². The van der Waals surface area contributed by atoms with E-state index in [1.165, 1.54) is 13.8 Å². The predicted molar refractivity (Wildman–Crippen MR) is 54.3 cm³/mol. The van der Waals surface area contributed by atoms with Crippen molar-refractivity contribution in [3.05, 3.63) is 22.0 Å². The maximum atomic E-state index is 12.5. The van der Waals surface area contributed by atoms with Gasteiger partial charge in [0.15, 0.2) is 5.78 Å². The predicted octanol–water partition coefficient (Wildman–Crippen LogP) is 3.68. The van der Waals surface area contributed by atoms with Crippen molar-refractivity contribution in [1.82, 2.24) is 0 Å². The highest BCUT2D eigenvalue weighted by molar-refractivity contribution is 8.06. The molecule has 1 aliphatic heterocycles. The van der Waals surface area contributed by atoms with Gasteiger partial charge in [-0.3, -0.25) is 4.79 Å². The highest BCUT2D eigenvalue weighted by Crippen LogP contribution is 2.38. The topological polar surface area (TPSA) is 17.1 Å². The summed E-state index contributed by atoms with van der Waals surface area (Å²) in [6.45, 7) is 2.87. The first-order valence-electron chi connectivity index (χ1n) is 4.47. The van der Waals surface area contributed by atoms with Gasteiger partial charge >= 0.3 is 6.18 Å². The van der Waals surface area contributed by atoms with Gasteiger partial charge in [0.1, 0.15) is 0 Å². The summed E-state index contributed by atoms with van der Waals surface area (Å²) in [7, 11) is 0. The van der Waals surface area contributed by atoms with E-state index in [0.29, 0.717) is 4.91 Å². The van der Waals surface area contributed by atoms with Gasteiger partial charge in [0.2, 0.25) is 0 Å². The molecule has 0 radical (unpaired) electrons. The Hall–Kier alpha value is -0.710. The van der Waals surface area contributed by atoms with Crippen LogP contribution in [-0.2, 0) is 4.79 Å². The van der Waals surface area contributed by atoms with Crippen molar-refractivity contribution in [3.8, 4) is 0 Å². The lowest BCUT2D eigenvalue weighted by Crippen LogP contribution is -2.17. The fourth-order valence-corrected chi connectivity index (χ4v) is 2.25. The zero-order valence-electron chi connectivity index (χ0n) is 8.39. The molecule has 84 valence electrons. The Kier molecular flexibility index (Phi) is 3.65. The Bertz CT molecular complexity index is 328. The summed E-state index contributed by atoms with van der Waals surface area (Å²) < 4.78 is 37.5. The molecule has 0 fully saturated rings. The summed E-state index contributed by atoms with van der Waals surface area (Å²) >= 11 is 0.860. The number of alkyl halides is 3. The van der Waals surface area contributed by atoms with Crippen LogP contribution in [0, 0.1) is 5.92 Å². The largest absolute Gasteiger partial charge is 0.413 e. The lowest BCUT2D eigenvalue weighted by Gasteiger charge is -2.15. The lowest BCUT2D eigenvalue weighted by molar-refractivity contribution is -0.113. The number of halogens is 3. The number of carbonyl (C=O) groups excluding carboxylic acids is 1. The zero-order valence-corrected chi connectivity index (χ0v) is 9.21. The number of hydrogen-bond donors (Lipinski definition) is 0. The zero-order chi connectivity index (χ0) is 11.6. The van der Waals surface area contributed by atoms with E-state index in [2.05, 4.69) is 0 Å². The van der Waals surface area contributed by atoms with Crippen LogP contribution in [0.4, 0.5) is 13.2 Å². The van der Waals surface area contributed by atoms with Crippen LogP contribution < -0.4 is 0 Å². The molecule has 0 amide bonds. The molecule has 1 rings (SSSR count). The van der Waals surface area contributed by atoms with Crippen LogP contribution >= 0.6 is 11.8 Å². The second kappa shape index (κ2) is 4.43. The third-order valence-electron chi connectivity index (χ3n) is 2.17. The molecular formula is C10H11F3OS. The summed E-state index contributed by atoms with van der Waals surface area (Å²) in [5.74, 6) is -0.777. The average molecular weight is 236 g/mol. The van der Waals surface area contributed by atoms with Gasteiger partial charge in [0.25, 0.3) is 0 Å². The van der Waals surface area contributed by atoms with Crippen molar-refractivity contribution in [2.75, 3.05) is 0 Å². The van der Waals surface area contributed by atoms with Gasteiger partial charge in [-0.05, 0) is 24.7 Å². The Labute approximate surface area is 90.4 Å². The SMILES string of the molecule is CC(=O)C1=CCC(C)C(C(F)(F)F)=CS1. The normalized spacial score (nSPS) is 22.9. The van der Waals surface area contributed by atoms with Crippen molar-refractivity contribution in [2.45, 2.75) is 26.4 Å². The van der Waals surface area contributed by atoms with Crippen LogP contribution in [0.1, 0.15) is 20.3 Å². The Morgan fingerprint density at radius 3 is 2.60 bits per heavy atom. The van der Waals surface area contributed by atoms with E-state index in [1.54, 1.807) is 6.08 Å². The Morgan fingerprint density at radius 1 is 1.53 bits per heavy atom. The standard InChI is InChI=1S/C10H11F3OS/c1-6-3-4-9(7(2)14)15-5-8(6)10(11,12)13/h4-6H,3H2,1-2H3. The van der Waals surface area contributed by atoms with Gasteiger partial charge in [-0.25, -0.2) is 0 Å². The van der Waals surface area contributed by atoms with E-state index in [-0.39, 0.29) is 12.2 Å². The van der Waals surface area contributed by atoms with Gasteiger partial charge in [-0.1, -0.05) is 24.8 Å². The molecule has 0 aromatic heterocycles. The molecule has 0 aromatic carbocycles. The molecule has 0 aromatic rings. The van der Waals surface area contributed by atoms with E-state index in [1.807, 2.05) is 0 Å². The number of rotatable bonds is 1. The maximum absolute atomic E-state index is 12.5. The summed E-state index contributed by atoms with van der Waals surface area (Å²) in [4.78, 5) is 11.4. The van der Waals surface area contributed by atoms with Crippen molar-refractivity contribution >= 4 is 17.5 Å². The molecule has 1 nitrogen and oxygen atoms in total. The van der Waals surface area contributed by atoms with E-state index < -0.39 is 17.7 Å². The number of hydrogen-bond acceptors (Lipinski definition) is 2. The molecule has 0 N–H and O–H groups in total. The molecule has 0 aliphatic carbocycles. The first-order valence-corrected chi connectivity index (χ1v) is 5.35. The van der Waals surface area contributed by atoms with Crippen molar-refractivity contribution in [3.63, 3.8) is 0 Å². The van der Waals surface area contributed by atoms with Gasteiger partial charge in [-0.15, -0.1) is 0 Å². The lowest BCUT2D eigenvalue weighted by atomic mass is 9.98. The van der Waals surface area contributed by atoms with Gasteiger partial charge in [0.05, 0.1) is 4.91 Å². The minimum absolute atomic E-state index is 0.188. The fraction of sp³-hybridized carbons (Fsp3) is 0.500. The van der Waals surface area contributed by atoms with Gasteiger partial charge < -0.3 is 0 Å². The third-order valence-corrected chi connectivity index (χ3v) is 3.25. The van der Waals surface area contributed by atoms with Crippen LogP contribution in [0.25, 0.3) is 0 Å². The van der Waals surface area contributed by atoms with Crippen LogP contribution in [0.3, 0.4) is 0 Å². The average Bonchev–Trinajstić information content (AvgIpc) is 2.25. The molecule has 1 aliphatic rings. The molecule has 0 spiro atoms.